The second-order valence-electron chi connectivity index (χ2n) is 16.0. The summed E-state index contributed by atoms with van der Waals surface area (Å²) >= 11 is 1.32. The van der Waals surface area contributed by atoms with Crippen molar-refractivity contribution in [2.75, 3.05) is 26.1 Å². The van der Waals surface area contributed by atoms with Gasteiger partial charge < -0.3 is 60.2 Å². The molecule has 0 bridgehead atoms. The first-order valence-electron chi connectivity index (χ1n) is 20.0. The van der Waals surface area contributed by atoms with Crippen LogP contribution >= 0.6 is 11.3 Å². The van der Waals surface area contributed by atoms with Crippen molar-refractivity contribution in [1.29, 1.82) is 0 Å². The molecule has 3 aromatic rings. The quantitative estimate of drug-likeness (QED) is 0.0675. The molecule has 1 aromatic heterocycles. The summed E-state index contributed by atoms with van der Waals surface area (Å²) in [7, 11) is -0.658. The summed E-state index contributed by atoms with van der Waals surface area (Å²) in [6.45, 7) is -0.487. The number of amides is 3. The number of fused-ring (bicyclic) bond motifs is 4. The number of carbonyl (C=O) groups excluding carboxylic acids is 6. The third-order valence-corrected chi connectivity index (χ3v) is 14.6. The summed E-state index contributed by atoms with van der Waals surface area (Å²) < 4.78 is 36.0. The van der Waals surface area contributed by atoms with Crippen LogP contribution in [0.4, 0.5) is 4.79 Å². The highest BCUT2D eigenvalue weighted by atomic mass is 32.2. The number of thiophene rings is 1. The number of nitrogens with zero attached hydrogens (tertiary/aromatic N) is 1. The highest BCUT2D eigenvalue weighted by Crippen LogP contribution is 2.52. The number of hydrogen-bond acceptors (Lipinski definition) is 18. The summed E-state index contributed by atoms with van der Waals surface area (Å²) in [6, 6.07) is 5.18. The van der Waals surface area contributed by atoms with Crippen molar-refractivity contribution in [2.45, 2.75) is 80.3 Å². The normalized spacial score (nSPS) is 28.0. The van der Waals surface area contributed by atoms with Gasteiger partial charge in [-0.3, -0.25) is 33.1 Å². The van der Waals surface area contributed by atoms with E-state index in [0.29, 0.717) is 0 Å². The van der Waals surface area contributed by atoms with Gasteiger partial charge in [0.15, 0.2) is 17.9 Å². The molecule has 0 saturated carbocycles. The first kappa shape index (κ1) is 45.5. The number of aliphatic hydroxyl groups is 3. The van der Waals surface area contributed by atoms with E-state index in [2.05, 4.69) is 10.6 Å². The smallest absolute Gasteiger partial charge is 0.407 e. The fourth-order valence-corrected chi connectivity index (χ4v) is 11.3. The van der Waals surface area contributed by atoms with Gasteiger partial charge in [0.1, 0.15) is 59.3 Å². The minimum absolute atomic E-state index is 0.00706. The fraction of sp³-hybridized carbons (Fsp3) is 0.405. The minimum atomic E-state index is -2.44. The van der Waals surface area contributed by atoms with E-state index in [9.17, 15) is 68.4 Å². The number of β-lactam (4-membered cyclic amide) rings is 1. The lowest BCUT2D eigenvalue weighted by Crippen LogP contribution is -2.73. The van der Waals surface area contributed by atoms with E-state index in [1.54, 1.807) is 17.5 Å². The highest BCUT2D eigenvalue weighted by molar-refractivity contribution is 7.86. The third kappa shape index (κ3) is 7.85. The number of carboxylic acid groups (broad SMARTS) is 1. The number of aliphatic carboxylic acids is 1. The average Bonchev–Trinajstić information content (AvgIpc) is 3.78. The number of nitrogens with one attached hydrogen (secondary N) is 2. The van der Waals surface area contributed by atoms with E-state index in [1.165, 1.54) is 43.6 Å². The van der Waals surface area contributed by atoms with Crippen molar-refractivity contribution < 1.29 is 87.4 Å². The Morgan fingerprint density at radius 2 is 1.77 bits per heavy atom. The number of phenols is 2. The predicted molar refractivity (Wildman–Crippen MR) is 220 cm³/mol. The Labute approximate surface area is 374 Å². The molecule has 2 fully saturated rings. The molecule has 3 amide bonds. The lowest BCUT2D eigenvalue weighted by molar-refractivity contribution is -0.249. The standard InChI is InChI=1S/C42H41N3O18S2/c1-16-33(49)21(43-41(57)61-14-17-15-65(59)39-31(38(54)45(39)32(17)40(55)56)44-25(48)9-18-5-4-8-64-18)10-26(62-16)63-23-12-42(58,24(47)13-46)11-20-28(23)37(53)30-29(35(20)51)34(50)19-6-3-7-22(60-2)27(19)36(30)52/h3-8,16,21,23,26,31,33,39,46,49,51,53,58H,9-15H2,1-2H3,(H,43,57)(H,44,48)(H,55,56)/t16-,21-,23-,26-,31+,33+,39+,42-,65?/m0/s1. The largest absolute Gasteiger partial charge is 0.507 e. The maximum atomic E-state index is 14.0. The van der Waals surface area contributed by atoms with Gasteiger partial charge in [-0.05, 0) is 24.4 Å². The van der Waals surface area contributed by atoms with E-state index in [0.717, 1.165) is 9.78 Å². The highest BCUT2D eigenvalue weighted by Gasteiger charge is 2.57. The van der Waals surface area contributed by atoms with Crippen LogP contribution < -0.4 is 15.4 Å². The Morgan fingerprint density at radius 1 is 1.03 bits per heavy atom. The summed E-state index contributed by atoms with van der Waals surface area (Å²) in [4.78, 5) is 93.7. The Balaban J connectivity index is 1.000. The number of ether oxygens (including phenoxy) is 4. The van der Waals surface area contributed by atoms with E-state index in [-0.39, 0.29) is 46.4 Å². The maximum Gasteiger partial charge on any atom is 0.407 e. The third-order valence-electron chi connectivity index (χ3n) is 12.1. The van der Waals surface area contributed by atoms with Gasteiger partial charge in [0.05, 0.1) is 65.0 Å². The number of aliphatic hydroxyl groups excluding tert-OH is 2. The molecule has 21 nitrogen and oxygen atoms in total. The van der Waals surface area contributed by atoms with Crippen LogP contribution in [0.25, 0.3) is 0 Å². The lowest BCUT2D eigenvalue weighted by atomic mass is 9.72. The SMILES string of the molecule is COc1cccc2c1C(=O)c1c(O)c3c(c(O)c1C2=O)C[C@@](O)(C(=O)CO)C[C@@H]3O[C@H]1C[C@H](NC(=O)OCC2=C(C(=O)O)N3C(=O)[C@@H](NC(=O)Cc4cccs4)[C@H]3S(=O)C2)[C@H](O)[C@H](C)O1. The van der Waals surface area contributed by atoms with Crippen LogP contribution in [-0.4, -0.2) is 149 Å². The number of carboxylic acids is 1. The molecule has 23 heteroatoms. The topological polar surface area (TPSA) is 322 Å². The summed E-state index contributed by atoms with van der Waals surface area (Å²) in [6.07, 6.45) is -8.58. The maximum absolute atomic E-state index is 14.0. The molecule has 9 atom stereocenters. The number of hydrogen-bond donors (Lipinski definition) is 8. The summed E-state index contributed by atoms with van der Waals surface area (Å²) in [5, 5.41) is 71.5. The first-order valence-corrected chi connectivity index (χ1v) is 22.3. The van der Waals surface area contributed by atoms with Gasteiger partial charge in [-0.25, -0.2) is 9.59 Å². The van der Waals surface area contributed by atoms with Crippen LogP contribution in [0.5, 0.6) is 17.2 Å². The van der Waals surface area contributed by atoms with Crippen molar-refractivity contribution in [1.82, 2.24) is 15.5 Å². The molecule has 2 saturated heterocycles. The Morgan fingerprint density at radius 3 is 2.45 bits per heavy atom. The van der Waals surface area contributed by atoms with E-state index < -0.39 is 160 Å². The molecule has 65 heavy (non-hydrogen) atoms. The number of rotatable bonds is 12. The van der Waals surface area contributed by atoms with Crippen molar-refractivity contribution in [3.8, 4) is 17.2 Å². The van der Waals surface area contributed by atoms with Crippen LogP contribution in [0.2, 0.25) is 0 Å². The van der Waals surface area contributed by atoms with Crippen LogP contribution in [-0.2, 0) is 57.0 Å². The van der Waals surface area contributed by atoms with Crippen LogP contribution in [0.15, 0.2) is 47.0 Å². The number of ketones is 3. The Kier molecular flexibility index (Phi) is 12.2. The molecule has 344 valence electrons. The van der Waals surface area contributed by atoms with Gasteiger partial charge in [0, 0.05) is 46.4 Å². The van der Waals surface area contributed by atoms with Crippen molar-refractivity contribution in [3.05, 3.63) is 85.2 Å². The van der Waals surface area contributed by atoms with E-state index >= 15 is 0 Å². The van der Waals surface area contributed by atoms with Crippen molar-refractivity contribution >= 4 is 63.4 Å². The molecular formula is C42H41N3O18S2. The first-order chi connectivity index (χ1) is 30.9. The van der Waals surface area contributed by atoms with E-state index in [4.69, 9.17) is 18.9 Å². The minimum Gasteiger partial charge on any atom is -0.507 e. The molecule has 0 radical (unpaired) electrons. The van der Waals surface area contributed by atoms with Crippen molar-refractivity contribution in [3.63, 3.8) is 0 Å². The monoisotopic (exact) mass is 939 g/mol. The van der Waals surface area contributed by atoms with Gasteiger partial charge in [-0.15, -0.1) is 11.3 Å². The fourth-order valence-electron chi connectivity index (χ4n) is 8.96. The molecule has 3 aliphatic heterocycles. The molecule has 8 rings (SSSR count). The molecule has 0 spiro atoms. The molecule has 1 unspecified atom stereocenters. The van der Waals surface area contributed by atoms with Gasteiger partial charge in [-0.2, -0.15) is 0 Å². The zero-order valence-electron chi connectivity index (χ0n) is 34.3. The number of benzene rings is 2. The number of alkyl carbamates (subject to hydrolysis) is 1. The number of methoxy groups -OCH3 is 1. The van der Waals surface area contributed by atoms with Gasteiger partial charge in [-0.1, -0.05) is 18.2 Å². The second kappa shape index (κ2) is 17.4. The number of aromatic hydroxyl groups is 2. The Hall–Kier alpha value is -6.08. The molecule has 2 aliphatic carbocycles. The van der Waals surface area contributed by atoms with E-state index in [1.807, 2.05) is 0 Å². The summed E-state index contributed by atoms with van der Waals surface area (Å²) in [5.41, 5.74) is -5.33. The summed E-state index contributed by atoms with van der Waals surface area (Å²) in [5.74, 6) is -7.83. The Bertz CT molecular complexity index is 2610. The molecular weight excluding hydrogens is 899 g/mol. The van der Waals surface area contributed by atoms with Crippen molar-refractivity contribution in [2.24, 2.45) is 0 Å². The average molecular weight is 940 g/mol. The number of carbonyl (C=O) groups is 7. The van der Waals surface area contributed by atoms with Gasteiger partial charge in [0.2, 0.25) is 11.7 Å². The molecule has 2 aromatic carbocycles. The molecule has 5 aliphatic rings. The van der Waals surface area contributed by atoms with Crippen LogP contribution in [0, 0.1) is 0 Å². The van der Waals surface area contributed by atoms with Crippen LogP contribution in [0.1, 0.15) is 73.7 Å². The number of Topliss-reactive ketones (excluding diaryl/α,β-unsaturated/α-hetero) is 1. The van der Waals surface area contributed by atoms with Gasteiger partial charge in [0.25, 0.3) is 5.91 Å². The molecule has 4 heterocycles. The van der Waals surface area contributed by atoms with Crippen LogP contribution in [0.3, 0.4) is 0 Å². The van der Waals surface area contributed by atoms with Gasteiger partial charge >= 0.3 is 12.1 Å². The zero-order chi connectivity index (χ0) is 46.8. The molecule has 8 N–H and O–H groups in total. The predicted octanol–water partition coefficient (Wildman–Crippen LogP) is -0.173. The second-order valence-corrected chi connectivity index (χ2v) is 18.6. The number of phenolic OH excluding ortho intramolecular Hbond substituents is 2. The zero-order valence-corrected chi connectivity index (χ0v) is 35.9. The lowest BCUT2D eigenvalue weighted by Gasteiger charge is -2.49.